The minimum absolute atomic E-state index is 0.0680. The molecule has 0 unspecified atom stereocenters. The van der Waals surface area contributed by atoms with E-state index in [0.717, 1.165) is 18.2 Å². The first-order valence-corrected chi connectivity index (χ1v) is 6.12. The number of carbonyl (C=O) groups is 3. The van der Waals surface area contributed by atoms with E-state index in [-0.39, 0.29) is 31.5 Å². The van der Waals surface area contributed by atoms with Gasteiger partial charge in [-0.05, 0) is 24.6 Å². The number of rotatable bonds is 7. The van der Waals surface area contributed by atoms with Crippen LogP contribution in [0.25, 0.3) is 0 Å². The van der Waals surface area contributed by atoms with E-state index in [0.29, 0.717) is 0 Å². The molecule has 0 fully saturated rings. The molecular formula is C13H14F2N2O4. The summed E-state index contributed by atoms with van der Waals surface area (Å²) in [7, 11) is 0. The molecule has 0 atom stereocenters. The number of halogens is 2. The van der Waals surface area contributed by atoms with Gasteiger partial charge in [0.15, 0.2) is 11.6 Å². The monoisotopic (exact) mass is 300 g/mol. The number of carboxylic acid groups (broad SMARTS) is 1. The lowest BCUT2D eigenvalue weighted by molar-refractivity contribution is -0.137. The van der Waals surface area contributed by atoms with Crippen molar-refractivity contribution in [1.29, 1.82) is 0 Å². The quantitative estimate of drug-likeness (QED) is 0.645. The summed E-state index contributed by atoms with van der Waals surface area (Å²) < 4.78 is 25.6. The fourth-order valence-electron chi connectivity index (χ4n) is 1.43. The predicted octanol–water partition coefficient (Wildman–Crippen LogP) is 0.676. The van der Waals surface area contributed by atoms with Crippen molar-refractivity contribution in [2.45, 2.75) is 12.8 Å². The van der Waals surface area contributed by atoms with Gasteiger partial charge in [-0.3, -0.25) is 14.4 Å². The molecule has 0 radical (unpaired) electrons. The molecule has 0 saturated carbocycles. The van der Waals surface area contributed by atoms with Crippen LogP contribution < -0.4 is 10.6 Å². The zero-order chi connectivity index (χ0) is 15.8. The number of carbonyl (C=O) groups excluding carboxylic acids is 2. The fourth-order valence-corrected chi connectivity index (χ4v) is 1.43. The molecule has 1 rings (SSSR count). The Morgan fingerprint density at radius 3 is 2.43 bits per heavy atom. The van der Waals surface area contributed by atoms with Crippen LogP contribution in [0.4, 0.5) is 8.78 Å². The van der Waals surface area contributed by atoms with Crippen molar-refractivity contribution < 1.29 is 28.3 Å². The van der Waals surface area contributed by atoms with Gasteiger partial charge in [0.25, 0.3) is 5.91 Å². The second-order valence-electron chi connectivity index (χ2n) is 4.16. The van der Waals surface area contributed by atoms with Gasteiger partial charge in [0.2, 0.25) is 5.91 Å². The number of aliphatic carboxylic acids is 1. The van der Waals surface area contributed by atoms with E-state index in [1.807, 2.05) is 0 Å². The molecule has 6 nitrogen and oxygen atoms in total. The van der Waals surface area contributed by atoms with Crippen LogP contribution in [0.3, 0.4) is 0 Å². The van der Waals surface area contributed by atoms with Crippen molar-refractivity contribution in [3.05, 3.63) is 35.4 Å². The molecule has 8 heteroatoms. The van der Waals surface area contributed by atoms with E-state index >= 15 is 0 Å². The van der Waals surface area contributed by atoms with E-state index in [1.165, 1.54) is 0 Å². The Hall–Kier alpha value is -2.51. The Morgan fingerprint density at radius 2 is 1.81 bits per heavy atom. The van der Waals surface area contributed by atoms with E-state index in [1.54, 1.807) is 0 Å². The molecule has 114 valence electrons. The van der Waals surface area contributed by atoms with Crippen LogP contribution in [0.2, 0.25) is 0 Å². The second-order valence-corrected chi connectivity index (χ2v) is 4.16. The van der Waals surface area contributed by atoms with Crippen molar-refractivity contribution in [3.8, 4) is 0 Å². The van der Waals surface area contributed by atoms with Crippen LogP contribution in [0.5, 0.6) is 0 Å². The summed E-state index contributed by atoms with van der Waals surface area (Å²) in [6, 6.07) is 2.64. The molecule has 0 heterocycles. The SMILES string of the molecule is O=C(O)CCCNC(=O)CNC(=O)c1ccc(F)c(F)c1. The molecule has 2 amide bonds. The number of nitrogens with one attached hydrogen (secondary N) is 2. The number of carboxylic acids is 1. The molecule has 0 bridgehead atoms. The summed E-state index contributed by atoms with van der Waals surface area (Å²) in [4.78, 5) is 33.2. The Kier molecular flexibility index (Phi) is 6.25. The first-order chi connectivity index (χ1) is 9.90. The molecule has 0 saturated heterocycles. The molecule has 1 aromatic rings. The Labute approximate surface area is 119 Å². The van der Waals surface area contributed by atoms with Crippen LogP contribution in [0.15, 0.2) is 18.2 Å². The third-order valence-corrected chi connectivity index (χ3v) is 2.48. The van der Waals surface area contributed by atoms with Crippen LogP contribution in [0, 0.1) is 11.6 Å². The van der Waals surface area contributed by atoms with Gasteiger partial charge in [-0.15, -0.1) is 0 Å². The molecule has 21 heavy (non-hydrogen) atoms. The zero-order valence-electron chi connectivity index (χ0n) is 11.0. The van der Waals surface area contributed by atoms with Crippen molar-refractivity contribution in [2.24, 2.45) is 0 Å². The van der Waals surface area contributed by atoms with Gasteiger partial charge in [-0.1, -0.05) is 0 Å². The Balaban J connectivity index is 2.33. The minimum atomic E-state index is -1.15. The first-order valence-electron chi connectivity index (χ1n) is 6.12. The van der Waals surface area contributed by atoms with E-state index in [2.05, 4.69) is 10.6 Å². The zero-order valence-corrected chi connectivity index (χ0v) is 11.0. The van der Waals surface area contributed by atoms with Gasteiger partial charge in [0.05, 0.1) is 6.54 Å². The fraction of sp³-hybridized carbons (Fsp3) is 0.308. The molecule has 0 aliphatic rings. The van der Waals surface area contributed by atoms with Gasteiger partial charge in [0, 0.05) is 18.5 Å². The molecule has 0 spiro atoms. The highest BCUT2D eigenvalue weighted by Crippen LogP contribution is 2.08. The molecule has 3 N–H and O–H groups in total. The van der Waals surface area contributed by atoms with Gasteiger partial charge in [0.1, 0.15) is 0 Å². The van der Waals surface area contributed by atoms with Crippen LogP contribution in [0.1, 0.15) is 23.2 Å². The summed E-state index contributed by atoms with van der Waals surface area (Å²) in [5, 5.41) is 13.0. The highest BCUT2D eigenvalue weighted by Gasteiger charge is 2.10. The van der Waals surface area contributed by atoms with Crippen LogP contribution >= 0.6 is 0 Å². The lowest BCUT2D eigenvalue weighted by Crippen LogP contribution is -2.37. The number of hydrogen-bond acceptors (Lipinski definition) is 3. The Morgan fingerprint density at radius 1 is 1.10 bits per heavy atom. The smallest absolute Gasteiger partial charge is 0.303 e. The lowest BCUT2D eigenvalue weighted by atomic mass is 10.2. The molecular weight excluding hydrogens is 286 g/mol. The van der Waals surface area contributed by atoms with E-state index in [4.69, 9.17) is 5.11 Å². The summed E-state index contributed by atoms with van der Waals surface area (Å²) in [6.07, 6.45) is 0.208. The van der Waals surface area contributed by atoms with Gasteiger partial charge < -0.3 is 15.7 Å². The second kappa shape index (κ2) is 7.93. The maximum Gasteiger partial charge on any atom is 0.303 e. The summed E-state index contributed by atoms with van der Waals surface area (Å²) in [6.45, 7) is -0.170. The maximum atomic E-state index is 12.9. The standard InChI is InChI=1S/C13H14F2N2O4/c14-9-4-3-8(6-10(9)15)13(21)17-7-11(18)16-5-1-2-12(19)20/h3-4,6H,1-2,5,7H2,(H,16,18)(H,17,21)(H,19,20). The van der Waals surface area contributed by atoms with Crippen molar-refractivity contribution >= 4 is 17.8 Å². The first kappa shape index (κ1) is 16.5. The van der Waals surface area contributed by atoms with E-state index in [9.17, 15) is 23.2 Å². The highest BCUT2D eigenvalue weighted by atomic mass is 19.2. The van der Waals surface area contributed by atoms with Gasteiger partial charge in [-0.25, -0.2) is 8.78 Å². The van der Waals surface area contributed by atoms with Crippen molar-refractivity contribution in [2.75, 3.05) is 13.1 Å². The number of benzene rings is 1. The summed E-state index contributed by atoms with van der Waals surface area (Å²) in [5.41, 5.74) is -0.104. The lowest BCUT2D eigenvalue weighted by Gasteiger charge is -2.06. The third kappa shape index (κ3) is 5.98. The normalized spacial score (nSPS) is 10.0. The average molecular weight is 300 g/mol. The number of hydrogen-bond donors (Lipinski definition) is 3. The topological polar surface area (TPSA) is 95.5 Å². The maximum absolute atomic E-state index is 12.9. The largest absolute Gasteiger partial charge is 0.481 e. The number of amides is 2. The average Bonchev–Trinajstić information content (AvgIpc) is 2.43. The minimum Gasteiger partial charge on any atom is -0.481 e. The molecule has 0 aliphatic carbocycles. The molecule has 0 aromatic heterocycles. The van der Waals surface area contributed by atoms with Crippen molar-refractivity contribution in [3.63, 3.8) is 0 Å². The third-order valence-electron chi connectivity index (χ3n) is 2.48. The summed E-state index contributed by atoms with van der Waals surface area (Å²) in [5.74, 6) is -4.40. The van der Waals surface area contributed by atoms with Crippen LogP contribution in [-0.2, 0) is 9.59 Å². The predicted molar refractivity (Wildman–Crippen MR) is 68.6 cm³/mol. The summed E-state index contributed by atoms with van der Waals surface area (Å²) >= 11 is 0. The van der Waals surface area contributed by atoms with E-state index < -0.39 is 29.4 Å². The highest BCUT2D eigenvalue weighted by molar-refractivity contribution is 5.96. The Bertz CT molecular complexity index is 549. The van der Waals surface area contributed by atoms with Crippen molar-refractivity contribution in [1.82, 2.24) is 10.6 Å². The molecule has 1 aromatic carbocycles. The van der Waals surface area contributed by atoms with Gasteiger partial charge >= 0.3 is 5.97 Å². The van der Waals surface area contributed by atoms with Crippen LogP contribution in [-0.4, -0.2) is 36.0 Å². The van der Waals surface area contributed by atoms with Gasteiger partial charge in [-0.2, -0.15) is 0 Å². The molecule has 0 aliphatic heterocycles.